The number of aliphatic carboxylic acids is 1. The van der Waals surface area contributed by atoms with E-state index < -0.39 is 11.9 Å². The summed E-state index contributed by atoms with van der Waals surface area (Å²) in [5.41, 5.74) is 9.13. The molecule has 0 aliphatic carbocycles. The summed E-state index contributed by atoms with van der Waals surface area (Å²) in [6.07, 6.45) is 1.67. The van der Waals surface area contributed by atoms with Gasteiger partial charge in [-0.15, -0.1) is 0 Å². The number of anilines is 1. The van der Waals surface area contributed by atoms with Crippen LogP contribution in [0.4, 0.5) is 5.82 Å². The second kappa shape index (κ2) is 6.38. The molecule has 0 amide bonds. The van der Waals surface area contributed by atoms with E-state index in [9.17, 15) is 9.90 Å². The lowest BCUT2D eigenvalue weighted by Gasteiger charge is -2.18. The third kappa shape index (κ3) is 3.19. The first-order chi connectivity index (χ1) is 11.1. The fourth-order valence-corrected chi connectivity index (χ4v) is 3.41. The Morgan fingerprint density at radius 2 is 2.09 bits per heavy atom. The first kappa shape index (κ1) is 15.5. The van der Waals surface area contributed by atoms with Gasteiger partial charge in [-0.1, -0.05) is 30.3 Å². The molecule has 0 unspecified atom stereocenters. The number of nitrogen functional groups attached to an aromatic ring is 1. The number of aryl methyl sites for hydroxylation is 1. The van der Waals surface area contributed by atoms with Gasteiger partial charge in [-0.2, -0.15) is 0 Å². The van der Waals surface area contributed by atoms with Crippen LogP contribution in [0.2, 0.25) is 0 Å². The summed E-state index contributed by atoms with van der Waals surface area (Å²) in [7, 11) is 0. The molecule has 5 nitrogen and oxygen atoms in total. The van der Waals surface area contributed by atoms with Crippen LogP contribution in [0.15, 0.2) is 42.6 Å². The molecule has 3 N–H and O–H groups in total. The second-order valence-electron chi connectivity index (χ2n) is 6.15. The molecule has 1 aromatic heterocycles. The number of aromatic nitrogens is 1. The van der Waals surface area contributed by atoms with Crippen molar-refractivity contribution in [3.8, 4) is 0 Å². The number of nitrogens with zero attached hydrogens (tertiary/aromatic N) is 2. The van der Waals surface area contributed by atoms with E-state index in [0.717, 1.165) is 23.2 Å². The van der Waals surface area contributed by atoms with Gasteiger partial charge in [0.1, 0.15) is 5.82 Å². The van der Waals surface area contributed by atoms with Crippen LogP contribution in [-0.4, -0.2) is 34.0 Å². The van der Waals surface area contributed by atoms with E-state index in [1.807, 2.05) is 43.3 Å². The van der Waals surface area contributed by atoms with Crippen LogP contribution >= 0.6 is 0 Å². The molecule has 1 aliphatic heterocycles. The van der Waals surface area contributed by atoms with Crippen LogP contribution in [0.5, 0.6) is 0 Å². The predicted molar refractivity (Wildman–Crippen MR) is 89.0 cm³/mol. The molecule has 0 saturated carbocycles. The first-order valence-corrected chi connectivity index (χ1v) is 7.76. The Labute approximate surface area is 135 Å². The highest BCUT2D eigenvalue weighted by Gasteiger charge is 2.39. The molecule has 120 valence electrons. The number of hydrogen-bond donors (Lipinski definition) is 2. The van der Waals surface area contributed by atoms with Crippen LogP contribution in [0.3, 0.4) is 0 Å². The minimum absolute atomic E-state index is 0.00611. The molecule has 2 aromatic rings. The standard InChI is InChI=1S/C18H21N3O2/c1-12-5-2-3-7-14(12)15-10-21(11-16(15)18(22)23)9-13-6-4-8-20-17(13)19/h2-8,15-16H,9-11H2,1H3,(H2,19,20)(H,22,23)/t15-,16+/m0/s1. The van der Waals surface area contributed by atoms with Crippen LogP contribution < -0.4 is 5.73 Å². The van der Waals surface area contributed by atoms with Crippen LogP contribution in [0, 0.1) is 12.8 Å². The van der Waals surface area contributed by atoms with Gasteiger partial charge < -0.3 is 10.8 Å². The van der Waals surface area contributed by atoms with E-state index >= 15 is 0 Å². The molecule has 23 heavy (non-hydrogen) atoms. The van der Waals surface area contributed by atoms with Crippen molar-refractivity contribution in [3.05, 3.63) is 59.3 Å². The van der Waals surface area contributed by atoms with Gasteiger partial charge in [-0.05, 0) is 24.1 Å². The van der Waals surface area contributed by atoms with Gasteiger partial charge >= 0.3 is 5.97 Å². The molecular formula is C18H21N3O2. The summed E-state index contributed by atoms with van der Waals surface area (Å²) in [6, 6.07) is 11.8. The molecule has 2 heterocycles. The molecule has 0 radical (unpaired) electrons. The summed E-state index contributed by atoms with van der Waals surface area (Å²) < 4.78 is 0. The quantitative estimate of drug-likeness (QED) is 0.905. The normalized spacial score (nSPS) is 21.4. The summed E-state index contributed by atoms with van der Waals surface area (Å²) >= 11 is 0. The number of carboxylic acids is 1. The Hall–Kier alpha value is -2.40. The monoisotopic (exact) mass is 311 g/mol. The lowest BCUT2D eigenvalue weighted by atomic mass is 9.86. The van der Waals surface area contributed by atoms with Gasteiger partial charge in [0.25, 0.3) is 0 Å². The molecule has 2 atom stereocenters. The minimum Gasteiger partial charge on any atom is -0.481 e. The zero-order chi connectivity index (χ0) is 16.4. The zero-order valence-corrected chi connectivity index (χ0v) is 13.1. The van der Waals surface area contributed by atoms with Crippen molar-refractivity contribution in [2.75, 3.05) is 18.8 Å². The average molecular weight is 311 g/mol. The number of benzene rings is 1. The summed E-state index contributed by atoms with van der Waals surface area (Å²) in [6.45, 7) is 3.92. The highest BCUT2D eigenvalue weighted by atomic mass is 16.4. The molecule has 1 aromatic carbocycles. The van der Waals surface area contributed by atoms with Gasteiger partial charge in [-0.25, -0.2) is 4.98 Å². The number of hydrogen-bond acceptors (Lipinski definition) is 4. The molecule has 3 rings (SSSR count). The summed E-state index contributed by atoms with van der Waals surface area (Å²) in [5, 5.41) is 9.61. The number of carboxylic acid groups (broad SMARTS) is 1. The van der Waals surface area contributed by atoms with E-state index in [1.165, 1.54) is 0 Å². The Kier molecular flexibility index (Phi) is 4.30. The lowest BCUT2D eigenvalue weighted by Crippen LogP contribution is -2.23. The topological polar surface area (TPSA) is 79.5 Å². The van der Waals surface area contributed by atoms with E-state index in [0.29, 0.717) is 18.9 Å². The van der Waals surface area contributed by atoms with Gasteiger partial charge in [0.2, 0.25) is 0 Å². The summed E-state index contributed by atoms with van der Waals surface area (Å²) in [5.74, 6) is -0.612. The van der Waals surface area contributed by atoms with Crippen LogP contribution in [0.25, 0.3) is 0 Å². The van der Waals surface area contributed by atoms with Crippen LogP contribution in [-0.2, 0) is 11.3 Å². The van der Waals surface area contributed by atoms with Crippen LogP contribution in [0.1, 0.15) is 22.6 Å². The SMILES string of the molecule is Cc1ccccc1[C@@H]1CN(Cc2cccnc2N)C[C@H]1C(=O)O. The Balaban J connectivity index is 1.83. The second-order valence-corrected chi connectivity index (χ2v) is 6.15. The van der Waals surface area contributed by atoms with E-state index in [-0.39, 0.29) is 5.92 Å². The third-order valence-electron chi connectivity index (χ3n) is 4.62. The van der Waals surface area contributed by atoms with Crippen molar-refractivity contribution in [1.29, 1.82) is 0 Å². The van der Waals surface area contributed by atoms with Gasteiger partial charge in [0.15, 0.2) is 0 Å². The summed E-state index contributed by atoms with van der Waals surface area (Å²) in [4.78, 5) is 18.0. The number of pyridine rings is 1. The Morgan fingerprint density at radius 3 is 2.78 bits per heavy atom. The lowest BCUT2D eigenvalue weighted by molar-refractivity contribution is -0.141. The molecule has 0 spiro atoms. The van der Waals surface area contributed by atoms with Gasteiger partial charge in [0, 0.05) is 37.3 Å². The number of nitrogens with two attached hydrogens (primary N) is 1. The molecule has 5 heteroatoms. The fourth-order valence-electron chi connectivity index (χ4n) is 3.41. The molecule has 1 fully saturated rings. The molecule has 0 bridgehead atoms. The maximum Gasteiger partial charge on any atom is 0.308 e. The highest BCUT2D eigenvalue weighted by molar-refractivity contribution is 5.72. The smallest absolute Gasteiger partial charge is 0.308 e. The highest BCUT2D eigenvalue weighted by Crippen LogP contribution is 2.35. The zero-order valence-electron chi connectivity index (χ0n) is 13.1. The van der Waals surface area contributed by atoms with Gasteiger partial charge in [0.05, 0.1) is 5.92 Å². The number of likely N-dealkylation sites (tertiary alicyclic amines) is 1. The maximum absolute atomic E-state index is 11.7. The van der Waals surface area contributed by atoms with Crippen molar-refractivity contribution in [2.24, 2.45) is 5.92 Å². The maximum atomic E-state index is 11.7. The largest absolute Gasteiger partial charge is 0.481 e. The molecule has 1 saturated heterocycles. The van der Waals surface area contributed by atoms with Gasteiger partial charge in [-0.3, -0.25) is 9.69 Å². The van der Waals surface area contributed by atoms with E-state index in [2.05, 4.69) is 9.88 Å². The fraction of sp³-hybridized carbons (Fsp3) is 0.333. The minimum atomic E-state index is -0.736. The predicted octanol–water partition coefficient (Wildman–Crippen LogP) is 2.27. The average Bonchev–Trinajstić information content (AvgIpc) is 2.94. The Bertz CT molecular complexity index is 717. The number of rotatable bonds is 4. The van der Waals surface area contributed by atoms with Crippen molar-refractivity contribution < 1.29 is 9.90 Å². The van der Waals surface area contributed by atoms with E-state index in [1.54, 1.807) is 6.20 Å². The van der Waals surface area contributed by atoms with Crippen molar-refractivity contribution in [3.63, 3.8) is 0 Å². The first-order valence-electron chi connectivity index (χ1n) is 7.76. The molecule has 1 aliphatic rings. The van der Waals surface area contributed by atoms with E-state index in [4.69, 9.17) is 5.73 Å². The third-order valence-corrected chi connectivity index (χ3v) is 4.62. The number of carbonyl (C=O) groups is 1. The van der Waals surface area contributed by atoms with Crippen molar-refractivity contribution >= 4 is 11.8 Å². The Morgan fingerprint density at radius 1 is 1.30 bits per heavy atom. The van der Waals surface area contributed by atoms with Crippen molar-refractivity contribution in [2.45, 2.75) is 19.4 Å². The van der Waals surface area contributed by atoms with Crippen molar-refractivity contribution in [1.82, 2.24) is 9.88 Å². The molecular weight excluding hydrogens is 290 g/mol.